The number of ketones is 1. The highest BCUT2D eigenvalue weighted by Crippen LogP contribution is 2.18. The molecule has 0 aromatic heterocycles. The Morgan fingerprint density at radius 1 is 1.11 bits per heavy atom. The number of ether oxygens (including phenoxy) is 1. The lowest BCUT2D eigenvalue weighted by Gasteiger charge is -2.36. The normalized spacial score (nSPS) is 21.8. The number of hydrogen-bond acceptors (Lipinski definition) is 3. The minimum atomic E-state index is 0.0389. The van der Waals surface area contributed by atoms with Crippen molar-refractivity contribution < 1.29 is 9.53 Å². The van der Waals surface area contributed by atoms with Gasteiger partial charge in [0.25, 0.3) is 0 Å². The van der Waals surface area contributed by atoms with Gasteiger partial charge in [-0.25, -0.2) is 0 Å². The molecule has 0 N–H and O–H groups in total. The van der Waals surface area contributed by atoms with E-state index in [2.05, 4.69) is 31.7 Å². The Morgan fingerprint density at radius 3 is 2.44 bits per heavy atom. The van der Waals surface area contributed by atoms with Gasteiger partial charge in [-0.05, 0) is 62.1 Å². The number of carbonyl (C=O) groups excluding carboxylic acids is 1. The zero-order chi connectivity index (χ0) is 19.4. The van der Waals surface area contributed by atoms with Crippen molar-refractivity contribution in [3.8, 4) is 0 Å². The molecule has 1 saturated heterocycles. The lowest BCUT2D eigenvalue weighted by Crippen LogP contribution is -2.47. The highest BCUT2D eigenvalue weighted by atomic mass is 35.5. The molecule has 0 saturated carbocycles. The standard InChI is InChI=1S/C23H28ClNO2/c1-16(13-25-14-17(2)27-18(3)15-25)11-19-5-4-6-21(12-19)23(26)20-7-9-22(24)10-8-20/h4-10,12,16-18H,11,13-15H2,1-3H3. The monoisotopic (exact) mass is 385 g/mol. The molecular formula is C23H28ClNO2. The van der Waals surface area contributed by atoms with Gasteiger partial charge in [-0.1, -0.05) is 36.7 Å². The molecule has 0 aliphatic carbocycles. The number of rotatable bonds is 6. The van der Waals surface area contributed by atoms with Crippen molar-refractivity contribution in [2.45, 2.75) is 39.4 Å². The fourth-order valence-electron chi connectivity index (χ4n) is 3.95. The molecule has 0 radical (unpaired) electrons. The molecule has 3 unspecified atom stereocenters. The number of halogens is 1. The quantitative estimate of drug-likeness (QED) is 0.665. The van der Waals surface area contributed by atoms with E-state index in [4.69, 9.17) is 16.3 Å². The van der Waals surface area contributed by atoms with Crippen LogP contribution in [0.3, 0.4) is 0 Å². The molecule has 1 aliphatic heterocycles. The molecule has 1 heterocycles. The first kappa shape index (κ1) is 20.1. The molecule has 144 valence electrons. The van der Waals surface area contributed by atoms with Gasteiger partial charge in [-0.15, -0.1) is 0 Å². The highest BCUT2D eigenvalue weighted by molar-refractivity contribution is 6.30. The zero-order valence-electron chi connectivity index (χ0n) is 16.3. The summed E-state index contributed by atoms with van der Waals surface area (Å²) in [6.45, 7) is 9.58. The van der Waals surface area contributed by atoms with E-state index in [0.29, 0.717) is 28.7 Å². The topological polar surface area (TPSA) is 29.5 Å². The maximum absolute atomic E-state index is 12.7. The van der Waals surface area contributed by atoms with Crippen LogP contribution in [-0.2, 0) is 11.2 Å². The second-order valence-corrected chi connectivity index (χ2v) is 8.26. The number of benzene rings is 2. The summed E-state index contributed by atoms with van der Waals surface area (Å²) in [5.74, 6) is 0.556. The van der Waals surface area contributed by atoms with Gasteiger partial charge in [0.2, 0.25) is 0 Å². The Kier molecular flexibility index (Phi) is 6.69. The summed E-state index contributed by atoms with van der Waals surface area (Å²) in [6.07, 6.45) is 1.55. The smallest absolute Gasteiger partial charge is 0.193 e. The number of nitrogens with zero attached hydrogens (tertiary/aromatic N) is 1. The van der Waals surface area contributed by atoms with Crippen molar-refractivity contribution in [3.63, 3.8) is 0 Å². The lowest BCUT2D eigenvalue weighted by molar-refractivity contribution is -0.0708. The second-order valence-electron chi connectivity index (χ2n) is 7.82. The zero-order valence-corrected chi connectivity index (χ0v) is 17.1. The van der Waals surface area contributed by atoms with Crippen LogP contribution >= 0.6 is 11.6 Å². The van der Waals surface area contributed by atoms with E-state index in [1.54, 1.807) is 24.3 Å². The number of morpholine rings is 1. The summed E-state index contributed by atoms with van der Waals surface area (Å²) in [6, 6.07) is 15.1. The predicted octanol–water partition coefficient (Wildman–Crippen LogP) is 4.86. The molecule has 27 heavy (non-hydrogen) atoms. The van der Waals surface area contributed by atoms with Crippen molar-refractivity contribution in [2.75, 3.05) is 19.6 Å². The summed E-state index contributed by atoms with van der Waals surface area (Å²) in [5.41, 5.74) is 2.60. The summed E-state index contributed by atoms with van der Waals surface area (Å²) >= 11 is 5.92. The Bertz CT molecular complexity index is 764. The van der Waals surface area contributed by atoms with Gasteiger partial charge < -0.3 is 4.74 Å². The maximum Gasteiger partial charge on any atom is 0.193 e. The van der Waals surface area contributed by atoms with E-state index < -0.39 is 0 Å². The van der Waals surface area contributed by atoms with Gasteiger partial charge in [-0.3, -0.25) is 9.69 Å². The third-order valence-corrected chi connectivity index (χ3v) is 5.20. The Balaban J connectivity index is 1.63. The molecule has 0 bridgehead atoms. The third-order valence-electron chi connectivity index (χ3n) is 4.94. The SMILES string of the molecule is CC(Cc1cccc(C(=O)c2ccc(Cl)cc2)c1)CN1CC(C)OC(C)C1. The molecule has 3 rings (SSSR count). The summed E-state index contributed by atoms with van der Waals surface area (Å²) < 4.78 is 5.82. The van der Waals surface area contributed by atoms with Gasteiger partial charge in [-0.2, -0.15) is 0 Å². The van der Waals surface area contributed by atoms with Crippen molar-refractivity contribution in [2.24, 2.45) is 5.92 Å². The predicted molar refractivity (Wildman–Crippen MR) is 111 cm³/mol. The van der Waals surface area contributed by atoms with Gasteiger partial charge in [0.05, 0.1) is 12.2 Å². The highest BCUT2D eigenvalue weighted by Gasteiger charge is 2.23. The molecule has 4 heteroatoms. The first-order valence-corrected chi connectivity index (χ1v) is 10.1. The molecular weight excluding hydrogens is 358 g/mol. The van der Waals surface area contributed by atoms with Crippen LogP contribution in [0.4, 0.5) is 0 Å². The molecule has 2 aromatic carbocycles. The second kappa shape index (κ2) is 9.01. The minimum Gasteiger partial charge on any atom is -0.373 e. The van der Waals surface area contributed by atoms with E-state index in [0.717, 1.165) is 31.6 Å². The molecule has 3 atom stereocenters. The first-order chi connectivity index (χ1) is 12.9. The van der Waals surface area contributed by atoms with Crippen LogP contribution in [0, 0.1) is 5.92 Å². The van der Waals surface area contributed by atoms with E-state index in [-0.39, 0.29) is 5.78 Å². The van der Waals surface area contributed by atoms with Crippen LogP contribution in [0.1, 0.15) is 42.3 Å². The van der Waals surface area contributed by atoms with E-state index in [9.17, 15) is 4.79 Å². The summed E-state index contributed by atoms with van der Waals surface area (Å²) in [5, 5.41) is 0.640. The van der Waals surface area contributed by atoms with Gasteiger partial charge in [0, 0.05) is 35.8 Å². The van der Waals surface area contributed by atoms with Crippen LogP contribution in [0.5, 0.6) is 0 Å². The van der Waals surface area contributed by atoms with Crippen LogP contribution < -0.4 is 0 Å². The largest absolute Gasteiger partial charge is 0.373 e. The Labute approximate surface area is 167 Å². The first-order valence-electron chi connectivity index (χ1n) is 9.67. The van der Waals surface area contributed by atoms with Crippen LogP contribution in [-0.4, -0.2) is 42.5 Å². The van der Waals surface area contributed by atoms with Crippen LogP contribution in [0.25, 0.3) is 0 Å². The van der Waals surface area contributed by atoms with Gasteiger partial charge in [0.15, 0.2) is 5.78 Å². The Morgan fingerprint density at radius 2 is 1.78 bits per heavy atom. The molecule has 1 fully saturated rings. The fourth-order valence-corrected chi connectivity index (χ4v) is 4.07. The van der Waals surface area contributed by atoms with Crippen molar-refractivity contribution in [1.29, 1.82) is 0 Å². The van der Waals surface area contributed by atoms with Gasteiger partial charge >= 0.3 is 0 Å². The number of hydrogen-bond donors (Lipinski definition) is 0. The molecule has 3 nitrogen and oxygen atoms in total. The average molecular weight is 386 g/mol. The van der Waals surface area contributed by atoms with Crippen molar-refractivity contribution in [1.82, 2.24) is 4.90 Å². The minimum absolute atomic E-state index is 0.0389. The molecule has 2 aromatic rings. The third kappa shape index (κ3) is 5.65. The molecule has 1 aliphatic rings. The fraction of sp³-hybridized carbons (Fsp3) is 0.435. The van der Waals surface area contributed by atoms with E-state index in [1.807, 2.05) is 18.2 Å². The van der Waals surface area contributed by atoms with Crippen LogP contribution in [0.15, 0.2) is 48.5 Å². The molecule has 0 spiro atoms. The van der Waals surface area contributed by atoms with Gasteiger partial charge in [0.1, 0.15) is 0 Å². The average Bonchev–Trinajstić information content (AvgIpc) is 2.61. The van der Waals surface area contributed by atoms with Crippen molar-refractivity contribution in [3.05, 3.63) is 70.2 Å². The lowest BCUT2D eigenvalue weighted by atomic mass is 9.96. The Hall–Kier alpha value is -1.68. The number of carbonyl (C=O) groups is 1. The summed E-state index contributed by atoms with van der Waals surface area (Å²) in [4.78, 5) is 15.2. The van der Waals surface area contributed by atoms with Crippen LogP contribution in [0.2, 0.25) is 5.02 Å². The summed E-state index contributed by atoms with van der Waals surface area (Å²) in [7, 11) is 0. The molecule has 0 amide bonds. The van der Waals surface area contributed by atoms with Crippen molar-refractivity contribution >= 4 is 17.4 Å². The van der Waals surface area contributed by atoms with E-state index in [1.165, 1.54) is 5.56 Å². The maximum atomic E-state index is 12.7. The van der Waals surface area contributed by atoms with E-state index >= 15 is 0 Å².